The van der Waals surface area contributed by atoms with E-state index in [4.69, 9.17) is 16.3 Å². The molecule has 0 unspecified atom stereocenters. The highest BCUT2D eigenvalue weighted by Crippen LogP contribution is 2.54. The van der Waals surface area contributed by atoms with E-state index in [0.717, 1.165) is 33.9 Å². The highest BCUT2D eigenvalue weighted by molar-refractivity contribution is 6.30. The van der Waals surface area contributed by atoms with Crippen LogP contribution in [0.5, 0.6) is 0 Å². The third-order valence-corrected chi connectivity index (χ3v) is 6.03. The Morgan fingerprint density at radius 2 is 1.77 bits per heavy atom. The molecule has 3 nitrogen and oxygen atoms in total. The minimum Gasteiger partial charge on any atom is -0.350 e. The van der Waals surface area contributed by atoms with Gasteiger partial charge in [-0.2, -0.15) is 0 Å². The van der Waals surface area contributed by atoms with Gasteiger partial charge in [-0.1, -0.05) is 48.0 Å². The first kappa shape index (κ1) is 15.9. The molecule has 2 atom stereocenters. The van der Waals surface area contributed by atoms with Gasteiger partial charge in [0.25, 0.3) is 5.91 Å². The number of nitrogens with zero attached hydrogens (tertiary/aromatic N) is 1. The van der Waals surface area contributed by atoms with Gasteiger partial charge in [-0.3, -0.25) is 4.79 Å². The lowest BCUT2D eigenvalue weighted by Crippen LogP contribution is -2.44. The van der Waals surface area contributed by atoms with E-state index in [2.05, 4.69) is 12.1 Å². The normalized spacial score (nSPS) is 24.6. The zero-order valence-corrected chi connectivity index (χ0v) is 15.2. The summed E-state index contributed by atoms with van der Waals surface area (Å²) < 4.78 is 6.33. The number of fused-ring (bicyclic) bond motifs is 3. The zero-order valence-electron chi connectivity index (χ0n) is 14.4. The van der Waals surface area contributed by atoms with Crippen LogP contribution in [0.1, 0.15) is 33.8 Å². The molecule has 0 radical (unpaired) electrons. The first-order valence-electron chi connectivity index (χ1n) is 8.82. The number of carbonyl (C=O) groups excluding carboxylic acids is 1. The predicted molar refractivity (Wildman–Crippen MR) is 102 cm³/mol. The van der Waals surface area contributed by atoms with Gasteiger partial charge in [0, 0.05) is 29.1 Å². The van der Waals surface area contributed by atoms with Crippen molar-refractivity contribution >= 4 is 28.3 Å². The van der Waals surface area contributed by atoms with Crippen molar-refractivity contribution in [3.63, 3.8) is 0 Å². The molecule has 130 valence electrons. The summed E-state index contributed by atoms with van der Waals surface area (Å²) in [6, 6.07) is 20.2. The molecule has 0 aromatic heterocycles. The second-order valence-corrected chi connectivity index (χ2v) is 7.48. The van der Waals surface area contributed by atoms with Crippen LogP contribution in [0, 0.1) is 0 Å². The molecule has 1 amide bonds. The number of halogens is 1. The Bertz CT molecular complexity index is 1030. The van der Waals surface area contributed by atoms with E-state index in [1.807, 2.05) is 55.6 Å². The molecular weight excluding hydrogens is 346 g/mol. The first-order valence-corrected chi connectivity index (χ1v) is 9.20. The minimum absolute atomic E-state index is 0.0200. The fraction of sp³-hybridized carbons (Fsp3) is 0.227. The van der Waals surface area contributed by atoms with Gasteiger partial charge in [0.15, 0.2) is 5.72 Å². The smallest absolute Gasteiger partial charge is 0.256 e. The summed E-state index contributed by atoms with van der Waals surface area (Å²) in [7, 11) is 1.85. The topological polar surface area (TPSA) is 29.5 Å². The molecule has 3 aromatic carbocycles. The van der Waals surface area contributed by atoms with Gasteiger partial charge in [-0.25, -0.2) is 0 Å². The highest BCUT2D eigenvalue weighted by Gasteiger charge is 2.57. The molecule has 0 N–H and O–H groups in total. The van der Waals surface area contributed by atoms with Crippen LogP contribution in [0.3, 0.4) is 0 Å². The molecule has 2 heterocycles. The molecular formula is C22H18ClNO2. The van der Waals surface area contributed by atoms with Crippen LogP contribution in [0.15, 0.2) is 60.7 Å². The molecule has 0 bridgehead atoms. The Morgan fingerprint density at radius 1 is 1.08 bits per heavy atom. The van der Waals surface area contributed by atoms with Crippen molar-refractivity contribution in [1.29, 1.82) is 0 Å². The lowest BCUT2D eigenvalue weighted by atomic mass is 9.82. The van der Waals surface area contributed by atoms with Crippen molar-refractivity contribution in [3.8, 4) is 0 Å². The number of ether oxygens (including phenoxy) is 1. The van der Waals surface area contributed by atoms with Crippen LogP contribution in [0.2, 0.25) is 5.02 Å². The van der Waals surface area contributed by atoms with E-state index in [-0.39, 0.29) is 11.8 Å². The van der Waals surface area contributed by atoms with Crippen molar-refractivity contribution in [1.82, 2.24) is 4.90 Å². The Morgan fingerprint density at radius 3 is 2.50 bits per heavy atom. The fourth-order valence-corrected chi connectivity index (χ4v) is 4.66. The van der Waals surface area contributed by atoms with Gasteiger partial charge < -0.3 is 9.64 Å². The van der Waals surface area contributed by atoms with E-state index in [9.17, 15) is 4.79 Å². The van der Waals surface area contributed by atoms with Gasteiger partial charge in [-0.05, 0) is 47.0 Å². The molecule has 0 saturated carbocycles. The highest BCUT2D eigenvalue weighted by atomic mass is 35.5. The molecule has 1 spiro atoms. The lowest BCUT2D eigenvalue weighted by Gasteiger charge is -2.37. The number of likely N-dealkylation sites (N-methyl/N-ethyl adjacent to an activating group) is 1. The molecule has 2 aliphatic rings. The molecule has 4 heteroatoms. The van der Waals surface area contributed by atoms with Gasteiger partial charge in [0.2, 0.25) is 0 Å². The molecule has 26 heavy (non-hydrogen) atoms. The third-order valence-electron chi connectivity index (χ3n) is 5.78. The van der Waals surface area contributed by atoms with Crippen molar-refractivity contribution in [2.45, 2.75) is 18.1 Å². The van der Waals surface area contributed by atoms with Gasteiger partial charge in [-0.15, -0.1) is 0 Å². The summed E-state index contributed by atoms with van der Waals surface area (Å²) in [5, 5.41) is 2.91. The summed E-state index contributed by atoms with van der Waals surface area (Å²) in [6.45, 7) is 0.622. The predicted octanol–water partition coefficient (Wildman–Crippen LogP) is 4.94. The van der Waals surface area contributed by atoms with E-state index >= 15 is 0 Å². The van der Waals surface area contributed by atoms with Crippen LogP contribution >= 0.6 is 11.6 Å². The zero-order chi connectivity index (χ0) is 17.9. The van der Waals surface area contributed by atoms with Crippen molar-refractivity contribution in [3.05, 3.63) is 82.4 Å². The fourth-order valence-electron chi connectivity index (χ4n) is 4.54. The largest absolute Gasteiger partial charge is 0.350 e. The number of amides is 1. The van der Waals surface area contributed by atoms with E-state index in [0.29, 0.717) is 11.6 Å². The summed E-state index contributed by atoms with van der Waals surface area (Å²) in [5.41, 5.74) is 2.12. The molecule has 1 fully saturated rings. The SMILES string of the molecule is CN1C(=O)c2cc3ccccc3cc2[C@@]12OCC[C@@H]2c1ccc(Cl)cc1. The van der Waals surface area contributed by atoms with Gasteiger partial charge in [0.05, 0.1) is 6.61 Å². The maximum Gasteiger partial charge on any atom is 0.256 e. The van der Waals surface area contributed by atoms with E-state index in [1.165, 1.54) is 0 Å². The number of carbonyl (C=O) groups is 1. The number of benzene rings is 3. The molecule has 3 aromatic rings. The Labute approximate surface area is 157 Å². The number of rotatable bonds is 1. The molecule has 1 saturated heterocycles. The van der Waals surface area contributed by atoms with Crippen LogP contribution in [-0.4, -0.2) is 24.5 Å². The van der Waals surface area contributed by atoms with Crippen LogP contribution < -0.4 is 0 Å². The minimum atomic E-state index is -0.746. The van der Waals surface area contributed by atoms with Gasteiger partial charge >= 0.3 is 0 Å². The van der Waals surface area contributed by atoms with E-state index < -0.39 is 5.72 Å². The summed E-state index contributed by atoms with van der Waals surface area (Å²) in [4.78, 5) is 14.8. The van der Waals surface area contributed by atoms with Crippen molar-refractivity contribution < 1.29 is 9.53 Å². The second kappa shape index (κ2) is 5.57. The second-order valence-electron chi connectivity index (χ2n) is 7.05. The number of hydrogen-bond donors (Lipinski definition) is 0. The number of hydrogen-bond acceptors (Lipinski definition) is 2. The van der Waals surface area contributed by atoms with Crippen molar-refractivity contribution in [2.24, 2.45) is 0 Å². The van der Waals surface area contributed by atoms with Crippen molar-refractivity contribution in [2.75, 3.05) is 13.7 Å². The van der Waals surface area contributed by atoms with E-state index in [1.54, 1.807) is 4.90 Å². The first-order chi connectivity index (χ1) is 12.6. The monoisotopic (exact) mass is 363 g/mol. The Hall–Kier alpha value is -2.36. The maximum atomic E-state index is 13.1. The van der Waals surface area contributed by atoms with Crippen LogP contribution in [0.4, 0.5) is 0 Å². The molecule has 2 aliphatic heterocycles. The maximum absolute atomic E-state index is 13.1. The Kier molecular flexibility index (Phi) is 3.40. The quantitative estimate of drug-likeness (QED) is 0.613. The van der Waals surface area contributed by atoms with Crippen LogP contribution in [-0.2, 0) is 10.5 Å². The molecule has 5 rings (SSSR count). The molecule has 0 aliphatic carbocycles. The lowest BCUT2D eigenvalue weighted by molar-refractivity contribution is -0.0996. The third kappa shape index (κ3) is 2.01. The summed E-state index contributed by atoms with van der Waals surface area (Å²) >= 11 is 6.07. The van der Waals surface area contributed by atoms with Crippen LogP contribution in [0.25, 0.3) is 10.8 Å². The summed E-state index contributed by atoms with van der Waals surface area (Å²) in [6.07, 6.45) is 0.867. The summed E-state index contributed by atoms with van der Waals surface area (Å²) in [5.74, 6) is 0.0998. The standard InChI is InChI=1S/C22H18ClNO2/c1-24-21(25)18-12-15-4-2-3-5-16(15)13-20(18)22(24)19(10-11-26-22)14-6-8-17(23)9-7-14/h2-9,12-13,19H,10-11H2,1H3/t19-,22-/m1/s1. The average Bonchev–Trinajstić information content (AvgIpc) is 3.19. The average molecular weight is 364 g/mol. The Balaban J connectivity index is 1.74. The van der Waals surface area contributed by atoms with Gasteiger partial charge in [0.1, 0.15) is 0 Å².